The smallest absolute Gasteiger partial charge is 0.251 e. The number of carbonyl (C=O) groups excluding carboxylic acids is 1. The fourth-order valence-corrected chi connectivity index (χ4v) is 2.60. The Bertz CT molecular complexity index is 485. The summed E-state index contributed by atoms with van der Waals surface area (Å²) in [5.74, 6) is -0.0940. The highest BCUT2D eigenvalue weighted by molar-refractivity contribution is 5.96. The molecule has 1 heterocycles. The molecule has 1 aromatic rings. The summed E-state index contributed by atoms with van der Waals surface area (Å²) in [4.78, 5) is 16.2. The van der Waals surface area contributed by atoms with Crippen molar-refractivity contribution >= 4 is 17.3 Å². The lowest BCUT2D eigenvalue weighted by Crippen LogP contribution is -2.47. The normalized spacial score (nSPS) is 16.0. The molecule has 2 rings (SSSR count). The lowest BCUT2D eigenvalue weighted by Gasteiger charge is -2.36. The number of aliphatic hydroxyl groups excluding tert-OH is 1. The SMILES string of the molecule is CCNC(=O)c1ccc(N2CCN(CCO)CC2)c(N)c1. The van der Waals surface area contributed by atoms with Gasteiger partial charge in [-0.25, -0.2) is 0 Å². The molecule has 1 saturated heterocycles. The van der Waals surface area contributed by atoms with Crippen LogP contribution in [-0.4, -0.2) is 61.8 Å². The summed E-state index contributed by atoms with van der Waals surface area (Å²) in [5.41, 5.74) is 8.31. The number of hydrogen-bond donors (Lipinski definition) is 3. The van der Waals surface area contributed by atoms with E-state index in [1.54, 1.807) is 6.07 Å². The fraction of sp³-hybridized carbons (Fsp3) is 0.533. The van der Waals surface area contributed by atoms with Crippen LogP contribution in [0.4, 0.5) is 11.4 Å². The third-order valence-corrected chi connectivity index (χ3v) is 3.76. The molecule has 0 aliphatic carbocycles. The number of nitrogen functional groups attached to an aromatic ring is 1. The van der Waals surface area contributed by atoms with Crippen molar-refractivity contribution in [3.63, 3.8) is 0 Å². The van der Waals surface area contributed by atoms with E-state index in [9.17, 15) is 4.79 Å². The van der Waals surface area contributed by atoms with Crippen LogP contribution in [-0.2, 0) is 0 Å². The van der Waals surface area contributed by atoms with Crippen LogP contribution >= 0.6 is 0 Å². The Balaban J connectivity index is 2.03. The quantitative estimate of drug-likeness (QED) is 0.672. The zero-order valence-electron chi connectivity index (χ0n) is 12.5. The Morgan fingerprint density at radius 3 is 2.62 bits per heavy atom. The molecule has 6 nitrogen and oxygen atoms in total. The van der Waals surface area contributed by atoms with Gasteiger partial charge in [0.25, 0.3) is 5.91 Å². The summed E-state index contributed by atoms with van der Waals surface area (Å²) in [6.45, 7) is 7.00. The number of aliphatic hydroxyl groups is 1. The Morgan fingerprint density at radius 1 is 1.33 bits per heavy atom. The van der Waals surface area contributed by atoms with E-state index in [4.69, 9.17) is 10.8 Å². The lowest BCUT2D eigenvalue weighted by molar-refractivity contribution is 0.0956. The minimum atomic E-state index is -0.0940. The van der Waals surface area contributed by atoms with Gasteiger partial charge in [-0.3, -0.25) is 9.69 Å². The highest BCUT2D eigenvalue weighted by Gasteiger charge is 2.18. The van der Waals surface area contributed by atoms with E-state index in [-0.39, 0.29) is 12.5 Å². The third kappa shape index (κ3) is 3.86. The Kier molecular flexibility index (Phi) is 5.41. The molecule has 0 atom stereocenters. The van der Waals surface area contributed by atoms with Crippen molar-refractivity contribution in [3.8, 4) is 0 Å². The van der Waals surface area contributed by atoms with Crippen molar-refractivity contribution in [2.45, 2.75) is 6.92 Å². The van der Waals surface area contributed by atoms with Gasteiger partial charge in [-0.05, 0) is 25.1 Å². The molecular weight excluding hydrogens is 268 g/mol. The number of carbonyl (C=O) groups is 1. The van der Waals surface area contributed by atoms with E-state index < -0.39 is 0 Å². The number of nitrogens with one attached hydrogen (secondary N) is 1. The van der Waals surface area contributed by atoms with Crippen LogP contribution in [0.25, 0.3) is 0 Å². The number of β-amino-alcohol motifs (C(OH)–C–C–N with tert-alkyl or cyclic N) is 1. The van der Waals surface area contributed by atoms with Gasteiger partial charge in [-0.15, -0.1) is 0 Å². The molecule has 0 unspecified atom stereocenters. The number of nitrogens with two attached hydrogens (primary N) is 1. The zero-order valence-corrected chi connectivity index (χ0v) is 12.5. The summed E-state index contributed by atoms with van der Waals surface area (Å²) < 4.78 is 0. The summed E-state index contributed by atoms with van der Waals surface area (Å²) in [7, 11) is 0. The van der Waals surface area contributed by atoms with Crippen molar-refractivity contribution in [1.82, 2.24) is 10.2 Å². The van der Waals surface area contributed by atoms with Gasteiger partial charge in [0.05, 0.1) is 18.0 Å². The molecule has 0 aromatic heterocycles. The first-order valence-corrected chi connectivity index (χ1v) is 7.41. The Hall–Kier alpha value is -1.79. The number of anilines is 2. The van der Waals surface area contributed by atoms with E-state index in [1.165, 1.54) is 0 Å². The molecule has 1 amide bonds. The van der Waals surface area contributed by atoms with E-state index in [2.05, 4.69) is 15.1 Å². The van der Waals surface area contributed by atoms with Crippen molar-refractivity contribution in [3.05, 3.63) is 23.8 Å². The van der Waals surface area contributed by atoms with Gasteiger partial charge in [-0.2, -0.15) is 0 Å². The molecule has 0 spiro atoms. The fourth-order valence-electron chi connectivity index (χ4n) is 2.60. The summed E-state index contributed by atoms with van der Waals surface area (Å²) in [5, 5.41) is 11.7. The van der Waals surface area contributed by atoms with E-state index in [1.807, 2.05) is 19.1 Å². The van der Waals surface area contributed by atoms with Crippen LogP contribution in [0.2, 0.25) is 0 Å². The molecule has 0 radical (unpaired) electrons. The third-order valence-electron chi connectivity index (χ3n) is 3.76. The van der Waals surface area contributed by atoms with Gasteiger partial charge >= 0.3 is 0 Å². The molecule has 1 aromatic carbocycles. The van der Waals surface area contributed by atoms with Crippen molar-refractivity contribution in [2.24, 2.45) is 0 Å². The lowest BCUT2D eigenvalue weighted by atomic mass is 10.1. The second-order valence-electron chi connectivity index (χ2n) is 5.19. The van der Waals surface area contributed by atoms with Crippen molar-refractivity contribution < 1.29 is 9.90 Å². The Labute approximate surface area is 125 Å². The van der Waals surface area contributed by atoms with Gasteiger partial charge in [0, 0.05) is 44.8 Å². The van der Waals surface area contributed by atoms with Gasteiger partial charge in [0.2, 0.25) is 0 Å². The summed E-state index contributed by atoms with van der Waals surface area (Å²) in [6, 6.07) is 5.47. The molecular formula is C15H24N4O2. The van der Waals surface area contributed by atoms with E-state index in [0.717, 1.165) is 38.4 Å². The number of piperazine rings is 1. The molecule has 0 bridgehead atoms. The number of benzene rings is 1. The second-order valence-corrected chi connectivity index (χ2v) is 5.19. The van der Waals surface area contributed by atoms with E-state index >= 15 is 0 Å². The van der Waals surface area contributed by atoms with Gasteiger partial charge in [0.1, 0.15) is 0 Å². The number of rotatable bonds is 5. The van der Waals surface area contributed by atoms with Gasteiger partial charge < -0.3 is 21.1 Å². The summed E-state index contributed by atoms with van der Waals surface area (Å²) in [6.07, 6.45) is 0. The van der Waals surface area contributed by atoms with Gasteiger partial charge in [0.15, 0.2) is 0 Å². The van der Waals surface area contributed by atoms with Crippen LogP contribution in [0.1, 0.15) is 17.3 Å². The largest absolute Gasteiger partial charge is 0.397 e. The zero-order chi connectivity index (χ0) is 15.2. The van der Waals surface area contributed by atoms with Crippen LogP contribution in [0.3, 0.4) is 0 Å². The first kappa shape index (κ1) is 15.6. The average Bonchev–Trinajstić information content (AvgIpc) is 2.49. The standard InChI is InChI=1S/C15H24N4O2/c1-2-17-15(21)12-3-4-14(13(16)11-12)19-7-5-18(6-8-19)9-10-20/h3-4,11,20H,2,5-10,16H2,1H3,(H,17,21). The van der Waals surface area contributed by atoms with Crippen LogP contribution in [0, 0.1) is 0 Å². The molecule has 21 heavy (non-hydrogen) atoms. The molecule has 1 aliphatic rings. The highest BCUT2D eigenvalue weighted by atomic mass is 16.3. The molecule has 1 fully saturated rings. The first-order valence-electron chi connectivity index (χ1n) is 7.41. The average molecular weight is 292 g/mol. The topological polar surface area (TPSA) is 81.8 Å². The molecule has 0 saturated carbocycles. The number of amides is 1. The van der Waals surface area contributed by atoms with Crippen LogP contribution < -0.4 is 16.0 Å². The summed E-state index contributed by atoms with van der Waals surface area (Å²) >= 11 is 0. The van der Waals surface area contributed by atoms with Crippen molar-refractivity contribution in [2.75, 3.05) is 56.5 Å². The van der Waals surface area contributed by atoms with E-state index in [0.29, 0.717) is 17.8 Å². The molecule has 1 aliphatic heterocycles. The number of hydrogen-bond acceptors (Lipinski definition) is 5. The predicted octanol–water partition coefficient (Wildman–Crippen LogP) is 0.133. The Morgan fingerprint density at radius 2 is 2.05 bits per heavy atom. The molecule has 116 valence electrons. The van der Waals surface area contributed by atoms with Crippen LogP contribution in [0.5, 0.6) is 0 Å². The van der Waals surface area contributed by atoms with Gasteiger partial charge in [-0.1, -0.05) is 0 Å². The minimum Gasteiger partial charge on any atom is -0.397 e. The maximum absolute atomic E-state index is 11.8. The van der Waals surface area contributed by atoms with Crippen LogP contribution in [0.15, 0.2) is 18.2 Å². The monoisotopic (exact) mass is 292 g/mol. The predicted molar refractivity (Wildman–Crippen MR) is 84.6 cm³/mol. The van der Waals surface area contributed by atoms with Crippen molar-refractivity contribution in [1.29, 1.82) is 0 Å². The first-order chi connectivity index (χ1) is 10.2. The second kappa shape index (κ2) is 7.28. The maximum atomic E-state index is 11.8. The molecule has 6 heteroatoms. The highest BCUT2D eigenvalue weighted by Crippen LogP contribution is 2.25. The number of nitrogens with zero attached hydrogens (tertiary/aromatic N) is 2. The minimum absolute atomic E-state index is 0.0940. The maximum Gasteiger partial charge on any atom is 0.251 e. The molecule has 4 N–H and O–H groups in total.